The van der Waals surface area contributed by atoms with E-state index in [4.69, 9.17) is 30.3 Å². The molecule has 0 spiro atoms. The highest BCUT2D eigenvalue weighted by Crippen LogP contribution is 2.49. The van der Waals surface area contributed by atoms with Crippen molar-refractivity contribution in [2.45, 2.75) is 49.7 Å². The van der Waals surface area contributed by atoms with E-state index in [2.05, 4.69) is 0 Å². The second kappa shape index (κ2) is 10.8. The molecule has 0 aromatic carbocycles. The van der Waals surface area contributed by atoms with Crippen molar-refractivity contribution in [3.63, 3.8) is 0 Å². The van der Waals surface area contributed by atoms with Crippen LogP contribution in [0.1, 0.15) is 25.3 Å². The van der Waals surface area contributed by atoms with Crippen molar-refractivity contribution in [2.75, 3.05) is 13.2 Å². The molecule has 0 radical (unpaired) electrons. The summed E-state index contributed by atoms with van der Waals surface area (Å²) in [5.74, 6) is -2.48. The molecule has 0 saturated carbocycles. The van der Waals surface area contributed by atoms with Gasteiger partial charge in [-0.05, 0) is 11.8 Å². The van der Waals surface area contributed by atoms with E-state index >= 15 is 0 Å². The predicted octanol–water partition coefficient (Wildman–Crippen LogP) is -2.09. The Kier molecular flexibility index (Phi) is 8.03. The zero-order valence-corrected chi connectivity index (χ0v) is 20.3. The Bertz CT molecular complexity index is 1440. The average Bonchev–Trinajstić information content (AvgIpc) is 3.39. The van der Waals surface area contributed by atoms with Crippen molar-refractivity contribution >= 4 is 18.5 Å². The highest BCUT2D eigenvalue weighted by atomic mass is 32.5. The van der Waals surface area contributed by atoms with Gasteiger partial charge in [0.1, 0.15) is 24.7 Å². The molecule has 37 heavy (non-hydrogen) atoms. The zero-order chi connectivity index (χ0) is 27.1. The number of halogens is 2. The van der Waals surface area contributed by atoms with Crippen molar-refractivity contribution in [2.24, 2.45) is 0 Å². The van der Waals surface area contributed by atoms with Crippen LogP contribution >= 0.6 is 6.72 Å². The molecule has 2 aliphatic heterocycles. The molecule has 19 heteroatoms. The topological polar surface area (TPSA) is 207 Å². The van der Waals surface area contributed by atoms with Gasteiger partial charge in [0.05, 0.1) is 37.8 Å². The van der Waals surface area contributed by atoms with Gasteiger partial charge in [-0.3, -0.25) is 28.7 Å². The number of aromatic amines is 2. The smallest absolute Gasteiger partial charge is 0.330 e. The maximum Gasteiger partial charge on any atom is 0.330 e. The number of hydrogen-bond donors (Lipinski definition) is 5. The predicted molar refractivity (Wildman–Crippen MR) is 120 cm³/mol. The van der Waals surface area contributed by atoms with E-state index in [0.29, 0.717) is 12.4 Å². The third kappa shape index (κ3) is 6.02. The van der Waals surface area contributed by atoms with Crippen LogP contribution in [0.25, 0.3) is 0 Å². The van der Waals surface area contributed by atoms with Gasteiger partial charge in [-0.15, -0.1) is 0 Å². The summed E-state index contributed by atoms with van der Waals surface area (Å²) < 4.78 is 50.3. The Morgan fingerprint density at radius 3 is 2.05 bits per heavy atom. The fraction of sp³-hybridized carbons (Fsp3) is 0.556. The van der Waals surface area contributed by atoms with E-state index in [-0.39, 0.29) is 12.8 Å². The van der Waals surface area contributed by atoms with Crippen LogP contribution in [0.15, 0.2) is 31.6 Å². The molecule has 15 nitrogen and oxygen atoms in total. The first kappa shape index (κ1) is 27.6. The molecule has 4 heterocycles. The molecule has 204 valence electrons. The fourth-order valence-electron chi connectivity index (χ4n) is 3.90. The van der Waals surface area contributed by atoms with Gasteiger partial charge in [-0.1, -0.05) is 0 Å². The van der Waals surface area contributed by atoms with Crippen LogP contribution in [-0.2, 0) is 30.3 Å². The van der Waals surface area contributed by atoms with Gasteiger partial charge in [-0.2, -0.15) is 8.78 Å². The molecule has 4 rings (SSSR count). The van der Waals surface area contributed by atoms with Crippen molar-refractivity contribution in [3.05, 3.63) is 65.7 Å². The lowest BCUT2D eigenvalue weighted by Crippen LogP contribution is -2.34. The second-order valence-corrected chi connectivity index (χ2v) is 11.0. The van der Waals surface area contributed by atoms with Crippen LogP contribution in [0.4, 0.5) is 8.78 Å². The minimum absolute atomic E-state index is 0.177. The third-order valence-corrected chi connectivity index (χ3v) is 7.29. The lowest BCUT2D eigenvalue weighted by atomic mass is 10.2. The number of aromatic nitrogens is 4. The molecule has 2 aliphatic rings. The van der Waals surface area contributed by atoms with Crippen molar-refractivity contribution < 1.29 is 42.4 Å². The van der Waals surface area contributed by atoms with Crippen LogP contribution < -0.4 is 22.5 Å². The second-order valence-electron chi connectivity index (χ2n) is 8.18. The first-order valence-corrected chi connectivity index (χ1v) is 13.2. The van der Waals surface area contributed by atoms with Crippen LogP contribution in [0.2, 0.25) is 0 Å². The normalized spacial score (nSPS) is 29.4. The van der Waals surface area contributed by atoms with E-state index in [1.165, 1.54) is 0 Å². The lowest BCUT2D eigenvalue weighted by Gasteiger charge is -2.24. The van der Waals surface area contributed by atoms with Crippen LogP contribution in [-0.4, -0.2) is 71.8 Å². The van der Waals surface area contributed by atoms with E-state index in [9.17, 15) is 43.1 Å². The van der Waals surface area contributed by atoms with Crippen LogP contribution in [0, 0.1) is 11.6 Å². The summed E-state index contributed by atoms with van der Waals surface area (Å²) in [6.07, 6.45) is -6.01. The molecule has 7 atom stereocenters. The average molecular weight is 570 g/mol. The van der Waals surface area contributed by atoms with Gasteiger partial charge in [0, 0.05) is 12.8 Å². The standard InChI is InChI=1S/C18H21F2N4O11PS/c19-7-3-23(17(29)21-15(7)27)13-1-9(26)12(34-13)6-32-36(31,37)35-10-2-14(33-11(10)5-25)24-4-8(20)16(28)22-18(24)30/h3-4,9-14,25-26H,1-2,5-6H2,(H,31,37)(H,21,27,29)(H,22,28,30)/t9-,10+,11-,12+,13+,14-,36?/m0/s1. The molecule has 2 aromatic rings. The molecule has 0 bridgehead atoms. The number of ether oxygens (including phenoxy) is 2. The molecular formula is C18H21F2N4O11PS. The summed E-state index contributed by atoms with van der Waals surface area (Å²) in [5.41, 5.74) is -4.38. The van der Waals surface area contributed by atoms with Crippen molar-refractivity contribution in [1.29, 1.82) is 0 Å². The summed E-state index contributed by atoms with van der Waals surface area (Å²) >= 11 is 4.98. The molecular weight excluding hydrogens is 549 g/mol. The third-order valence-electron chi connectivity index (χ3n) is 5.70. The van der Waals surface area contributed by atoms with Crippen LogP contribution in [0.3, 0.4) is 0 Å². The van der Waals surface area contributed by atoms with E-state index in [0.717, 1.165) is 9.13 Å². The molecule has 5 N–H and O–H groups in total. The quantitative estimate of drug-likeness (QED) is 0.217. The molecule has 2 fully saturated rings. The fourth-order valence-corrected chi connectivity index (χ4v) is 5.37. The number of rotatable bonds is 8. The van der Waals surface area contributed by atoms with Gasteiger partial charge in [0.25, 0.3) is 11.1 Å². The monoisotopic (exact) mass is 570 g/mol. The van der Waals surface area contributed by atoms with Gasteiger partial charge >= 0.3 is 18.1 Å². The van der Waals surface area contributed by atoms with E-state index < -0.39 is 90.9 Å². The summed E-state index contributed by atoms with van der Waals surface area (Å²) in [4.78, 5) is 60.4. The zero-order valence-electron chi connectivity index (χ0n) is 18.6. The maximum absolute atomic E-state index is 13.6. The Balaban J connectivity index is 1.39. The van der Waals surface area contributed by atoms with Gasteiger partial charge < -0.3 is 33.6 Å². The van der Waals surface area contributed by atoms with Crippen LogP contribution in [0.5, 0.6) is 0 Å². The summed E-state index contributed by atoms with van der Waals surface area (Å²) in [7, 11) is 0. The Hall–Kier alpha value is -2.41. The molecule has 0 aliphatic carbocycles. The summed E-state index contributed by atoms with van der Waals surface area (Å²) in [5, 5.41) is 19.9. The molecule has 1 unspecified atom stereocenters. The number of aliphatic hydroxyl groups is 2. The summed E-state index contributed by atoms with van der Waals surface area (Å²) in [6.45, 7) is -5.23. The van der Waals surface area contributed by atoms with Crippen molar-refractivity contribution in [3.8, 4) is 0 Å². The SMILES string of the molecule is O=c1[nH]c(=O)n([C@@H]2C[C@@H](OP(O)(=S)OC[C@H]3O[C@@H](n4cc(F)c(=O)[nH]c4=O)C[C@@H]3O)[C@H](CO)O2)cc1F. The van der Waals surface area contributed by atoms with Gasteiger partial charge in [0.2, 0.25) is 11.6 Å². The molecule has 0 amide bonds. The highest BCUT2D eigenvalue weighted by Gasteiger charge is 2.42. The number of H-pyrrole nitrogens is 2. The first-order chi connectivity index (χ1) is 17.4. The highest BCUT2D eigenvalue weighted by molar-refractivity contribution is 8.07. The largest absolute Gasteiger partial charge is 0.394 e. The van der Waals surface area contributed by atoms with E-state index in [1.54, 1.807) is 9.97 Å². The Morgan fingerprint density at radius 2 is 1.51 bits per heavy atom. The number of nitrogens with one attached hydrogen (secondary N) is 2. The van der Waals surface area contributed by atoms with Crippen molar-refractivity contribution in [1.82, 2.24) is 19.1 Å². The number of hydrogen-bond acceptors (Lipinski definition) is 11. The molecule has 2 aromatic heterocycles. The van der Waals surface area contributed by atoms with Gasteiger partial charge in [0.15, 0.2) is 0 Å². The van der Waals surface area contributed by atoms with Gasteiger partial charge in [-0.25, -0.2) is 9.59 Å². The minimum atomic E-state index is -4.08. The molecule has 2 saturated heterocycles. The lowest BCUT2D eigenvalue weighted by molar-refractivity contribution is -0.0533. The Labute approximate surface area is 209 Å². The number of nitrogens with zero attached hydrogens (tertiary/aromatic N) is 2. The minimum Gasteiger partial charge on any atom is -0.394 e. The summed E-state index contributed by atoms with van der Waals surface area (Å²) in [6, 6.07) is 0. The maximum atomic E-state index is 13.6. The Morgan fingerprint density at radius 1 is 1.00 bits per heavy atom. The first-order valence-electron chi connectivity index (χ1n) is 10.7. The van der Waals surface area contributed by atoms with E-state index in [1.807, 2.05) is 0 Å². The number of aliphatic hydroxyl groups excluding tert-OH is 2.